The molecule has 0 bridgehead atoms. The van der Waals surface area contributed by atoms with E-state index in [1.807, 2.05) is 12.1 Å². The summed E-state index contributed by atoms with van der Waals surface area (Å²) in [6.07, 6.45) is 2.68. The number of hydrogen-bond donors (Lipinski definition) is 1. The first-order valence-corrected chi connectivity index (χ1v) is 10.1. The minimum absolute atomic E-state index is 0.237. The Bertz CT molecular complexity index is 1050. The van der Waals surface area contributed by atoms with Crippen LogP contribution in [0.1, 0.15) is 45.4 Å². The minimum atomic E-state index is -0.237. The van der Waals surface area contributed by atoms with E-state index in [2.05, 4.69) is 83.0 Å². The third-order valence-corrected chi connectivity index (χ3v) is 5.35. The van der Waals surface area contributed by atoms with Crippen LogP contribution >= 0.6 is 15.9 Å². The summed E-state index contributed by atoms with van der Waals surface area (Å²) < 4.78 is 3.13. The predicted molar refractivity (Wildman–Crippen MR) is 119 cm³/mol. The number of para-hydroxylation sites is 1. The van der Waals surface area contributed by atoms with E-state index in [0.29, 0.717) is 5.56 Å². The molecule has 1 N–H and O–H groups in total. The molecule has 0 radical (unpaired) electrons. The first-order valence-electron chi connectivity index (χ1n) is 9.29. The minimum Gasteiger partial charge on any atom is -0.317 e. The van der Waals surface area contributed by atoms with Gasteiger partial charge < -0.3 is 4.57 Å². The maximum absolute atomic E-state index is 12.2. The van der Waals surface area contributed by atoms with Gasteiger partial charge in [-0.25, -0.2) is 5.43 Å². The number of aromatic nitrogens is 1. The zero-order chi connectivity index (χ0) is 20.3. The van der Waals surface area contributed by atoms with Crippen LogP contribution in [0, 0.1) is 20.8 Å². The molecule has 0 unspecified atom stereocenters. The molecule has 144 valence electrons. The highest BCUT2D eigenvalue weighted by Gasteiger charge is 2.14. The SMILES string of the molecule is CCc1cccc(C)c1-n1c(C)cc(/C=N\NC(=O)c2cccc(Br)c2)c1C. The molecule has 0 aliphatic rings. The molecule has 2 aromatic carbocycles. The van der Waals surface area contributed by atoms with Crippen LogP contribution in [0.15, 0.2) is 58.1 Å². The summed E-state index contributed by atoms with van der Waals surface area (Å²) in [7, 11) is 0. The Kier molecular flexibility index (Phi) is 6.15. The van der Waals surface area contributed by atoms with Crippen molar-refractivity contribution in [3.8, 4) is 5.69 Å². The van der Waals surface area contributed by atoms with Crippen molar-refractivity contribution in [3.63, 3.8) is 0 Å². The normalized spacial score (nSPS) is 11.2. The van der Waals surface area contributed by atoms with Crippen molar-refractivity contribution in [1.82, 2.24) is 9.99 Å². The van der Waals surface area contributed by atoms with Gasteiger partial charge in [-0.05, 0) is 62.6 Å². The van der Waals surface area contributed by atoms with Crippen LogP contribution in [0.4, 0.5) is 0 Å². The molecule has 3 rings (SSSR count). The van der Waals surface area contributed by atoms with Gasteiger partial charge in [-0.2, -0.15) is 5.10 Å². The van der Waals surface area contributed by atoms with E-state index in [0.717, 1.165) is 27.8 Å². The van der Waals surface area contributed by atoms with Crippen molar-refractivity contribution in [1.29, 1.82) is 0 Å². The Morgan fingerprint density at radius 2 is 1.89 bits per heavy atom. The Hall–Kier alpha value is -2.66. The average molecular weight is 438 g/mol. The number of amides is 1. The van der Waals surface area contributed by atoms with Gasteiger partial charge in [0.15, 0.2) is 0 Å². The maximum Gasteiger partial charge on any atom is 0.271 e. The first-order chi connectivity index (χ1) is 13.4. The van der Waals surface area contributed by atoms with E-state index in [4.69, 9.17) is 0 Å². The van der Waals surface area contributed by atoms with Crippen LogP contribution in [0.3, 0.4) is 0 Å². The zero-order valence-electron chi connectivity index (χ0n) is 16.6. The molecule has 0 spiro atoms. The molecule has 1 heterocycles. The zero-order valence-corrected chi connectivity index (χ0v) is 18.2. The smallest absolute Gasteiger partial charge is 0.271 e. The van der Waals surface area contributed by atoms with Crippen LogP contribution in [0.5, 0.6) is 0 Å². The van der Waals surface area contributed by atoms with E-state index in [9.17, 15) is 4.79 Å². The van der Waals surface area contributed by atoms with E-state index < -0.39 is 0 Å². The van der Waals surface area contributed by atoms with Crippen molar-refractivity contribution in [2.24, 2.45) is 5.10 Å². The topological polar surface area (TPSA) is 46.4 Å². The van der Waals surface area contributed by atoms with Gasteiger partial charge >= 0.3 is 0 Å². The Balaban J connectivity index is 1.87. The third-order valence-electron chi connectivity index (χ3n) is 4.85. The number of hydrazone groups is 1. The van der Waals surface area contributed by atoms with Crippen LogP contribution in [0.2, 0.25) is 0 Å². The molecule has 0 atom stereocenters. The lowest BCUT2D eigenvalue weighted by Gasteiger charge is -2.17. The Labute approximate surface area is 174 Å². The summed E-state index contributed by atoms with van der Waals surface area (Å²) in [6.45, 7) is 8.48. The molecular weight excluding hydrogens is 414 g/mol. The van der Waals surface area contributed by atoms with Crippen molar-refractivity contribution in [2.45, 2.75) is 34.1 Å². The molecule has 4 nitrogen and oxygen atoms in total. The largest absolute Gasteiger partial charge is 0.317 e. The number of hydrogen-bond acceptors (Lipinski definition) is 2. The number of benzene rings is 2. The van der Waals surface area contributed by atoms with Gasteiger partial charge in [0.25, 0.3) is 5.91 Å². The third kappa shape index (κ3) is 4.09. The fourth-order valence-corrected chi connectivity index (χ4v) is 3.84. The highest BCUT2D eigenvalue weighted by molar-refractivity contribution is 9.10. The van der Waals surface area contributed by atoms with E-state index in [-0.39, 0.29) is 5.91 Å². The molecule has 0 saturated carbocycles. The summed E-state index contributed by atoms with van der Waals surface area (Å²) in [5.74, 6) is -0.237. The van der Waals surface area contributed by atoms with Gasteiger partial charge in [0.05, 0.1) is 11.9 Å². The summed E-state index contributed by atoms with van der Waals surface area (Å²) in [6, 6.07) is 15.7. The summed E-state index contributed by atoms with van der Waals surface area (Å²) in [4.78, 5) is 12.2. The molecule has 3 aromatic rings. The molecule has 0 fully saturated rings. The second-order valence-corrected chi connectivity index (χ2v) is 7.72. The molecule has 0 aliphatic carbocycles. The Morgan fingerprint density at radius 3 is 2.61 bits per heavy atom. The highest BCUT2D eigenvalue weighted by atomic mass is 79.9. The van der Waals surface area contributed by atoms with Crippen molar-refractivity contribution in [2.75, 3.05) is 0 Å². The second-order valence-electron chi connectivity index (χ2n) is 6.81. The Morgan fingerprint density at radius 1 is 1.14 bits per heavy atom. The fourth-order valence-electron chi connectivity index (χ4n) is 3.44. The van der Waals surface area contributed by atoms with Crippen molar-refractivity contribution >= 4 is 28.1 Å². The first kappa shape index (κ1) is 20.1. The lowest BCUT2D eigenvalue weighted by atomic mass is 10.1. The summed E-state index contributed by atoms with van der Waals surface area (Å²) in [5.41, 5.74) is 10.2. The fraction of sp³-hybridized carbons (Fsp3) is 0.217. The number of nitrogens with zero attached hydrogens (tertiary/aromatic N) is 2. The quantitative estimate of drug-likeness (QED) is 0.416. The maximum atomic E-state index is 12.2. The summed E-state index contributed by atoms with van der Waals surface area (Å²) >= 11 is 3.37. The molecule has 1 aromatic heterocycles. The predicted octanol–water partition coefficient (Wildman–Crippen LogP) is 5.49. The number of rotatable bonds is 5. The molecular formula is C23H24BrN3O. The van der Waals surface area contributed by atoms with Gasteiger partial charge in [-0.15, -0.1) is 0 Å². The second kappa shape index (κ2) is 8.57. The van der Waals surface area contributed by atoms with E-state index >= 15 is 0 Å². The monoisotopic (exact) mass is 437 g/mol. The summed E-state index contributed by atoms with van der Waals surface area (Å²) in [5, 5.41) is 4.17. The van der Waals surface area contributed by atoms with Gasteiger partial charge in [0, 0.05) is 27.0 Å². The standard InChI is InChI=1S/C23H24BrN3O/c1-5-18-9-6-8-15(2)22(18)27-16(3)12-20(17(27)4)14-25-26-23(28)19-10-7-11-21(24)13-19/h6-14H,5H2,1-4H3,(H,26,28)/b25-14-. The number of carbonyl (C=O) groups is 1. The molecule has 5 heteroatoms. The van der Waals surface area contributed by atoms with Crippen LogP contribution in [-0.4, -0.2) is 16.7 Å². The van der Waals surface area contributed by atoms with Crippen molar-refractivity contribution in [3.05, 3.63) is 86.6 Å². The molecule has 0 saturated heterocycles. The molecule has 1 amide bonds. The van der Waals surface area contributed by atoms with E-state index in [1.165, 1.54) is 16.8 Å². The number of halogens is 1. The van der Waals surface area contributed by atoms with E-state index in [1.54, 1.807) is 18.3 Å². The molecule has 0 aliphatic heterocycles. The number of aryl methyl sites for hydroxylation is 3. The number of carbonyl (C=O) groups excluding carboxylic acids is 1. The van der Waals surface area contributed by atoms with Crippen LogP contribution in [-0.2, 0) is 6.42 Å². The molecule has 28 heavy (non-hydrogen) atoms. The van der Waals surface area contributed by atoms with Crippen LogP contribution < -0.4 is 5.43 Å². The van der Waals surface area contributed by atoms with Crippen molar-refractivity contribution < 1.29 is 4.79 Å². The lowest BCUT2D eigenvalue weighted by Crippen LogP contribution is -2.17. The average Bonchev–Trinajstić information content (AvgIpc) is 2.95. The van der Waals surface area contributed by atoms with Crippen LogP contribution in [0.25, 0.3) is 5.69 Å². The van der Waals surface area contributed by atoms with Gasteiger partial charge in [0.1, 0.15) is 0 Å². The number of nitrogens with one attached hydrogen (secondary N) is 1. The highest BCUT2D eigenvalue weighted by Crippen LogP contribution is 2.26. The van der Waals surface area contributed by atoms with Gasteiger partial charge in [-0.1, -0.05) is 47.1 Å². The van der Waals surface area contributed by atoms with Gasteiger partial charge in [0.2, 0.25) is 0 Å². The van der Waals surface area contributed by atoms with Gasteiger partial charge in [-0.3, -0.25) is 4.79 Å². The lowest BCUT2D eigenvalue weighted by molar-refractivity contribution is 0.0955.